The monoisotopic (exact) mass is 277 g/mol. The molecule has 0 radical (unpaired) electrons. The van der Waals surface area contributed by atoms with Crippen molar-refractivity contribution in [2.75, 3.05) is 19.7 Å². The van der Waals surface area contributed by atoms with Crippen molar-refractivity contribution >= 4 is 11.7 Å². The maximum atomic E-state index is 12.0. The Kier molecular flexibility index (Phi) is 4.81. The summed E-state index contributed by atoms with van der Waals surface area (Å²) in [7, 11) is 0. The summed E-state index contributed by atoms with van der Waals surface area (Å²) in [5, 5.41) is 11.7. The lowest BCUT2D eigenvalue weighted by Gasteiger charge is -2.26. The van der Waals surface area contributed by atoms with Crippen LogP contribution in [0.3, 0.4) is 0 Å². The van der Waals surface area contributed by atoms with Crippen molar-refractivity contribution < 1.29 is 14.7 Å². The number of piperidine rings is 1. The topological polar surface area (TPSA) is 88.1 Å². The SMILES string of the molecule is N/C(=N\O)c1ccccc1OCC(=O)N1CCCCC1. The largest absolute Gasteiger partial charge is 0.483 e. The molecule has 20 heavy (non-hydrogen) atoms. The zero-order valence-electron chi connectivity index (χ0n) is 11.3. The van der Waals surface area contributed by atoms with Crippen LogP contribution in [0, 0.1) is 0 Å². The maximum absolute atomic E-state index is 12.0. The Labute approximate surface area is 117 Å². The number of ether oxygens (including phenoxy) is 1. The Bertz CT molecular complexity index is 496. The fourth-order valence-electron chi connectivity index (χ4n) is 2.23. The van der Waals surface area contributed by atoms with Gasteiger partial charge in [0.2, 0.25) is 0 Å². The fourth-order valence-corrected chi connectivity index (χ4v) is 2.23. The highest BCUT2D eigenvalue weighted by Crippen LogP contribution is 2.18. The molecular weight excluding hydrogens is 258 g/mol. The number of nitrogens with two attached hydrogens (primary N) is 1. The summed E-state index contributed by atoms with van der Waals surface area (Å²) in [5.74, 6) is 0.373. The highest BCUT2D eigenvalue weighted by molar-refractivity contribution is 5.99. The molecular formula is C14H19N3O3. The van der Waals surface area contributed by atoms with Gasteiger partial charge in [-0.1, -0.05) is 17.3 Å². The molecule has 1 heterocycles. The summed E-state index contributed by atoms with van der Waals surface area (Å²) in [5.41, 5.74) is 6.04. The minimum absolute atomic E-state index is 0.0287. The molecule has 1 fully saturated rings. The van der Waals surface area contributed by atoms with Crippen LogP contribution >= 0.6 is 0 Å². The average Bonchev–Trinajstić information content (AvgIpc) is 2.53. The number of likely N-dealkylation sites (tertiary alicyclic amines) is 1. The van der Waals surface area contributed by atoms with Crippen LogP contribution in [0.1, 0.15) is 24.8 Å². The van der Waals surface area contributed by atoms with Crippen molar-refractivity contribution in [3.63, 3.8) is 0 Å². The van der Waals surface area contributed by atoms with Crippen LogP contribution < -0.4 is 10.5 Å². The molecule has 1 amide bonds. The third-order valence-electron chi connectivity index (χ3n) is 3.33. The van der Waals surface area contributed by atoms with Gasteiger partial charge in [-0.25, -0.2) is 0 Å². The Morgan fingerprint density at radius 3 is 2.70 bits per heavy atom. The first-order valence-electron chi connectivity index (χ1n) is 6.70. The number of carbonyl (C=O) groups excluding carboxylic acids is 1. The summed E-state index contributed by atoms with van der Waals surface area (Å²) in [6, 6.07) is 6.90. The Balaban J connectivity index is 1.98. The number of amides is 1. The Morgan fingerprint density at radius 1 is 1.30 bits per heavy atom. The fraction of sp³-hybridized carbons (Fsp3) is 0.429. The number of hydrogen-bond donors (Lipinski definition) is 2. The zero-order valence-corrected chi connectivity index (χ0v) is 11.3. The van der Waals surface area contributed by atoms with E-state index in [0.717, 1.165) is 25.9 Å². The second kappa shape index (κ2) is 6.79. The summed E-state index contributed by atoms with van der Waals surface area (Å²) in [6.45, 7) is 1.56. The molecule has 3 N–H and O–H groups in total. The van der Waals surface area contributed by atoms with Gasteiger partial charge >= 0.3 is 0 Å². The van der Waals surface area contributed by atoms with Gasteiger partial charge in [0.15, 0.2) is 12.4 Å². The number of hydrogen-bond acceptors (Lipinski definition) is 4. The normalized spacial score (nSPS) is 16.0. The first kappa shape index (κ1) is 14.2. The van der Waals surface area contributed by atoms with Gasteiger partial charge in [0.25, 0.3) is 5.91 Å². The molecule has 0 aliphatic carbocycles. The van der Waals surface area contributed by atoms with Crippen LogP contribution in [0.15, 0.2) is 29.4 Å². The molecule has 1 aliphatic rings. The van der Waals surface area contributed by atoms with E-state index < -0.39 is 0 Å². The lowest BCUT2D eigenvalue weighted by molar-refractivity contribution is -0.134. The van der Waals surface area contributed by atoms with E-state index in [0.29, 0.717) is 11.3 Å². The molecule has 0 bridgehead atoms. The minimum atomic E-state index is -0.0361. The van der Waals surface area contributed by atoms with Crippen LogP contribution in [-0.4, -0.2) is 41.5 Å². The lowest BCUT2D eigenvalue weighted by Crippen LogP contribution is -2.38. The second-order valence-corrected chi connectivity index (χ2v) is 4.71. The van der Waals surface area contributed by atoms with Crippen molar-refractivity contribution in [1.82, 2.24) is 4.90 Å². The van der Waals surface area contributed by atoms with Crippen LogP contribution in [0.4, 0.5) is 0 Å². The number of benzene rings is 1. The van der Waals surface area contributed by atoms with Gasteiger partial charge in [-0.3, -0.25) is 4.79 Å². The minimum Gasteiger partial charge on any atom is -0.483 e. The summed E-state index contributed by atoms with van der Waals surface area (Å²) < 4.78 is 5.51. The van der Waals surface area contributed by atoms with E-state index in [1.165, 1.54) is 6.42 Å². The van der Waals surface area contributed by atoms with Crippen LogP contribution in [0.25, 0.3) is 0 Å². The molecule has 0 spiro atoms. The summed E-state index contributed by atoms with van der Waals surface area (Å²) >= 11 is 0. The molecule has 1 aromatic rings. The van der Waals surface area contributed by atoms with Crippen molar-refractivity contribution in [3.05, 3.63) is 29.8 Å². The molecule has 0 saturated carbocycles. The molecule has 108 valence electrons. The van der Waals surface area contributed by atoms with Gasteiger partial charge < -0.3 is 20.6 Å². The van der Waals surface area contributed by atoms with Gasteiger partial charge in [0, 0.05) is 13.1 Å². The predicted octanol–water partition coefficient (Wildman–Crippen LogP) is 1.17. The van der Waals surface area contributed by atoms with E-state index >= 15 is 0 Å². The maximum Gasteiger partial charge on any atom is 0.260 e. The number of amidine groups is 1. The van der Waals surface area contributed by atoms with Crippen molar-refractivity contribution in [2.24, 2.45) is 10.9 Å². The van der Waals surface area contributed by atoms with Crippen LogP contribution in [0.5, 0.6) is 5.75 Å². The molecule has 1 saturated heterocycles. The summed E-state index contributed by atoms with van der Waals surface area (Å²) in [6.07, 6.45) is 3.27. The van der Waals surface area contributed by atoms with E-state index in [2.05, 4.69) is 5.16 Å². The smallest absolute Gasteiger partial charge is 0.260 e. The van der Waals surface area contributed by atoms with E-state index in [4.69, 9.17) is 15.7 Å². The quantitative estimate of drug-likeness (QED) is 0.374. The summed E-state index contributed by atoms with van der Waals surface area (Å²) in [4.78, 5) is 13.8. The van der Waals surface area contributed by atoms with Crippen molar-refractivity contribution in [3.8, 4) is 5.75 Å². The van der Waals surface area contributed by atoms with E-state index in [9.17, 15) is 4.79 Å². The number of para-hydroxylation sites is 1. The Morgan fingerprint density at radius 2 is 2.00 bits per heavy atom. The number of nitrogens with zero attached hydrogens (tertiary/aromatic N) is 2. The molecule has 6 nitrogen and oxygen atoms in total. The highest BCUT2D eigenvalue weighted by Gasteiger charge is 2.17. The van der Waals surface area contributed by atoms with E-state index in [1.54, 1.807) is 24.3 Å². The number of carbonyl (C=O) groups is 1. The lowest BCUT2D eigenvalue weighted by atomic mass is 10.1. The zero-order chi connectivity index (χ0) is 14.4. The molecule has 2 rings (SSSR count). The van der Waals surface area contributed by atoms with Gasteiger partial charge in [-0.05, 0) is 31.4 Å². The molecule has 1 aromatic carbocycles. The van der Waals surface area contributed by atoms with Gasteiger partial charge in [0.1, 0.15) is 5.75 Å². The van der Waals surface area contributed by atoms with Gasteiger partial charge in [-0.15, -0.1) is 0 Å². The standard InChI is InChI=1S/C14H19N3O3/c15-14(16-19)11-6-2-3-7-12(11)20-10-13(18)17-8-4-1-5-9-17/h2-3,6-7,19H,1,4-5,8-10H2,(H2,15,16). The first-order chi connectivity index (χ1) is 9.72. The molecule has 0 atom stereocenters. The molecule has 6 heteroatoms. The van der Waals surface area contributed by atoms with Gasteiger partial charge in [-0.2, -0.15) is 0 Å². The Hall–Kier alpha value is -2.24. The van der Waals surface area contributed by atoms with Gasteiger partial charge in [0.05, 0.1) is 5.56 Å². The van der Waals surface area contributed by atoms with Crippen LogP contribution in [-0.2, 0) is 4.79 Å². The third kappa shape index (κ3) is 3.40. The number of oxime groups is 1. The number of rotatable bonds is 4. The van der Waals surface area contributed by atoms with Crippen molar-refractivity contribution in [2.45, 2.75) is 19.3 Å². The average molecular weight is 277 g/mol. The van der Waals surface area contributed by atoms with E-state index in [1.807, 2.05) is 4.90 Å². The predicted molar refractivity (Wildman–Crippen MR) is 74.9 cm³/mol. The first-order valence-corrected chi connectivity index (χ1v) is 6.70. The van der Waals surface area contributed by atoms with E-state index in [-0.39, 0.29) is 18.3 Å². The molecule has 0 aromatic heterocycles. The molecule has 0 unspecified atom stereocenters. The molecule has 1 aliphatic heterocycles. The van der Waals surface area contributed by atoms with Crippen molar-refractivity contribution in [1.29, 1.82) is 0 Å². The van der Waals surface area contributed by atoms with Crippen LogP contribution in [0.2, 0.25) is 0 Å². The third-order valence-corrected chi connectivity index (χ3v) is 3.33. The second-order valence-electron chi connectivity index (χ2n) is 4.71. The highest BCUT2D eigenvalue weighted by atomic mass is 16.5.